The Kier molecular flexibility index (Phi) is 2.70. The molecule has 102 valence electrons. The third-order valence-corrected chi connectivity index (χ3v) is 3.03. The van der Waals surface area contributed by atoms with Crippen LogP contribution in [0.5, 0.6) is 0 Å². The first-order chi connectivity index (χ1) is 9.45. The molecule has 0 aliphatic carbocycles. The van der Waals surface area contributed by atoms with Gasteiger partial charge in [-0.2, -0.15) is 13.2 Å². The summed E-state index contributed by atoms with van der Waals surface area (Å²) in [5.74, 6) is -1.31. The number of carbonyl (C=O) groups is 1. The van der Waals surface area contributed by atoms with Gasteiger partial charge < -0.3 is 5.32 Å². The molecule has 1 aliphatic rings. The van der Waals surface area contributed by atoms with E-state index in [1.165, 1.54) is 0 Å². The van der Waals surface area contributed by atoms with Gasteiger partial charge in [-0.15, -0.1) is 0 Å². The Morgan fingerprint density at radius 2 is 1.80 bits per heavy atom. The number of hydrogen-bond acceptors (Lipinski definition) is 3. The van der Waals surface area contributed by atoms with Gasteiger partial charge in [0.05, 0.1) is 0 Å². The molecule has 7 heteroatoms. The maximum atomic E-state index is 12.4. The van der Waals surface area contributed by atoms with Crippen molar-refractivity contribution >= 4 is 5.91 Å². The fraction of sp³-hybridized carbons (Fsp3) is 0.154. The third kappa shape index (κ3) is 2.11. The summed E-state index contributed by atoms with van der Waals surface area (Å²) >= 11 is 0. The predicted molar refractivity (Wildman–Crippen MR) is 63.6 cm³/mol. The Morgan fingerprint density at radius 3 is 2.45 bits per heavy atom. The zero-order valence-corrected chi connectivity index (χ0v) is 10.0. The van der Waals surface area contributed by atoms with Gasteiger partial charge in [-0.3, -0.25) is 4.79 Å². The van der Waals surface area contributed by atoms with Crippen molar-refractivity contribution in [3.05, 3.63) is 47.5 Å². The monoisotopic (exact) mass is 279 g/mol. The number of carbonyl (C=O) groups excluding carboxylic acids is 1. The van der Waals surface area contributed by atoms with Crippen molar-refractivity contribution in [2.24, 2.45) is 0 Å². The molecule has 0 bridgehead atoms. The third-order valence-electron chi connectivity index (χ3n) is 3.03. The molecule has 1 N–H and O–H groups in total. The quantitative estimate of drug-likeness (QED) is 0.872. The molecule has 0 spiro atoms. The van der Waals surface area contributed by atoms with E-state index in [-0.39, 0.29) is 5.91 Å². The highest BCUT2D eigenvalue weighted by Gasteiger charge is 2.34. The van der Waals surface area contributed by atoms with E-state index < -0.39 is 12.0 Å². The summed E-state index contributed by atoms with van der Waals surface area (Å²) in [7, 11) is 0. The van der Waals surface area contributed by atoms with Crippen LogP contribution in [0.3, 0.4) is 0 Å². The van der Waals surface area contributed by atoms with Crippen LogP contribution in [-0.4, -0.2) is 15.9 Å². The summed E-state index contributed by atoms with van der Waals surface area (Å²) < 4.78 is 37.1. The topological polar surface area (TPSA) is 54.9 Å². The number of fused-ring (bicyclic) bond motifs is 1. The van der Waals surface area contributed by atoms with Gasteiger partial charge in [0.1, 0.15) is 0 Å². The molecular weight excluding hydrogens is 271 g/mol. The summed E-state index contributed by atoms with van der Waals surface area (Å²) in [4.78, 5) is 18.0. The second-order valence-electron chi connectivity index (χ2n) is 4.35. The molecule has 0 unspecified atom stereocenters. The Bertz CT molecular complexity index is 680. The second kappa shape index (κ2) is 4.29. The number of halogens is 3. The zero-order valence-electron chi connectivity index (χ0n) is 10.0. The van der Waals surface area contributed by atoms with Crippen LogP contribution >= 0.6 is 0 Å². The van der Waals surface area contributed by atoms with Crippen molar-refractivity contribution in [3.8, 4) is 11.1 Å². The first kappa shape index (κ1) is 12.6. The van der Waals surface area contributed by atoms with Gasteiger partial charge in [-0.1, -0.05) is 6.07 Å². The fourth-order valence-electron chi connectivity index (χ4n) is 2.04. The van der Waals surface area contributed by atoms with E-state index in [2.05, 4.69) is 15.3 Å². The first-order valence-corrected chi connectivity index (χ1v) is 5.76. The van der Waals surface area contributed by atoms with Gasteiger partial charge in [0, 0.05) is 30.1 Å². The number of benzene rings is 1. The van der Waals surface area contributed by atoms with Crippen LogP contribution in [0.15, 0.2) is 30.6 Å². The molecule has 0 saturated heterocycles. The molecule has 0 saturated carbocycles. The van der Waals surface area contributed by atoms with E-state index in [1.54, 1.807) is 18.2 Å². The normalized spacial score (nSPS) is 14.1. The van der Waals surface area contributed by atoms with Crippen molar-refractivity contribution in [2.75, 3.05) is 0 Å². The standard InChI is InChI=1S/C13H8F3N3O/c14-13(15,16)12-18-5-9(6-19-12)7-1-2-10-8(3-7)4-17-11(10)20/h1-3,5-6H,4H2,(H,17,20). The molecule has 4 nitrogen and oxygen atoms in total. The largest absolute Gasteiger partial charge is 0.451 e. The number of nitrogens with zero attached hydrogens (tertiary/aromatic N) is 2. The fourth-order valence-corrected chi connectivity index (χ4v) is 2.04. The van der Waals surface area contributed by atoms with E-state index in [0.717, 1.165) is 18.0 Å². The van der Waals surface area contributed by atoms with E-state index in [1.807, 2.05) is 0 Å². The van der Waals surface area contributed by atoms with Crippen LogP contribution in [0.2, 0.25) is 0 Å². The number of alkyl halides is 3. The predicted octanol–water partition coefficient (Wildman–Crippen LogP) is 2.41. The first-order valence-electron chi connectivity index (χ1n) is 5.76. The maximum absolute atomic E-state index is 12.4. The van der Waals surface area contributed by atoms with Crippen LogP contribution in [0, 0.1) is 0 Å². The number of nitrogens with one attached hydrogen (secondary N) is 1. The SMILES string of the molecule is O=C1NCc2cc(-c3cnc(C(F)(F)F)nc3)ccc21. The van der Waals surface area contributed by atoms with Crippen LogP contribution in [-0.2, 0) is 12.7 Å². The average molecular weight is 279 g/mol. The maximum Gasteiger partial charge on any atom is 0.451 e. The van der Waals surface area contributed by atoms with Gasteiger partial charge in [0.25, 0.3) is 5.91 Å². The lowest BCUT2D eigenvalue weighted by Gasteiger charge is -2.06. The smallest absolute Gasteiger partial charge is 0.348 e. The van der Waals surface area contributed by atoms with E-state index in [0.29, 0.717) is 23.2 Å². The lowest BCUT2D eigenvalue weighted by Crippen LogP contribution is -2.12. The molecule has 2 aromatic rings. The lowest BCUT2D eigenvalue weighted by molar-refractivity contribution is -0.144. The molecule has 0 fully saturated rings. The Hall–Kier alpha value is -2.44. The summed E-state index contributed by atoms with van der Waals surface area (Å²) in [6.07, 6.45) is -2.30. The van der Waals surface area contributed by atoms with Gasteiger partial charge >= 0.3 is 6.18 Å². The molecule has 1 aromatic carbocycles. The van der Waals surface area contributed by atoms with Crippen molar-refractivity contribution in [2.45, 2.75) is 12.7 Å². The van der Waals surface area contributed by atoms with E-state index >= 15 is 0 Å². The molecule has 20 heavy (non-hydrogen) atoms. The van der Waals surface area contributed by atoms with Crippen LogP contribution in [0.1, 0.15) is 21.7 Å². The van der Waals surface area contributed by atoms with Crippen molar-refractivity contribution in [3.63, 3.8) is 0 Å². The second-order valence-corrected chi connectivity index (χ2v) is 4.35. The molecule has 1 amide bonds. The summed E-state index contributed by atoms with van der Waals surface area (Å²) in [6.45, 7) is 0.420. The summed E-state index contributed by atoms with van der Waals surface area (Å²) in [5, 5.41) is 2.67. The van der Waals surface area contributed by atoms with Crippen molar-refractivity contribution in [1.82, 2.24) is 15.3 Å². The minimum absolute atomic E-state index is 0.143. The highest BCUT2D eigenvalue weighted by atomic mass is 19.4. The van der Waals surface area contributed by atoms with Gasteiger partial charge in [0.15, 0.2) is 0 Å². The van der Waals surface area contributed by atoms with Crippen molar-refractivity contribution < 1.29 is 18.0 Å². The Balaban J connectivity index is 1.96. The molecule has 0 atom stereocenters. The zero-order chi connectivity index (χ0) is 14.3. The highest BCUT2D eigenvalue weighted by molar-refractivity contribution is 5.98. The van der Waals surface area contributed by atoms with Crippen molar-refractivity contribution in [1.29, 1.82) is 0 Å². The van der Waals surface area contributed by atoms with Crippen LogP contribution < -0.4 is 5.32 Å². The Morgan fingerprint density at radius 1 is 1.10 bits per heavy atom. The highest BCUT2D eigenvalue weighted by Crippen LogP contribution is 2.28. The number of hydrogen-bond donors (Lipinski definition) is 1. The molecule has 1 aliphatic heterocycles. The summed E-state index contributed by atoms with van der Waals surface area (Å²) in [6, 6.07) is 5.06. The minimum atomic E-state index is -4.55. The molecule has 1 aromatic heterocycles. The number of rotatable bonds is 1. The van der Waals surface area contributed by atoms with Gasteiger partial charge in [-0.05, 0) is 23.3 Å². The van der Waals surface area contributed by atoms with Gasteiger partial charge in [0.2, 0.25) is 5.82 Å². The molecule has 3 rings (SSSR count). The van der Waals surface area contributed by atoms with Crippen LogP contribution in [0.4, 0.5) is 13.2 Å². The molecular formula is C13H8F3N3O. The van der Waals surface area contributed by atoms with E-state index in [9.17, 15) is 18.0 Å². The Labute approximate surface area is 111 Å². The molecule has 2 heterocycles. The lowest BCUT2D eigenvalue weighted by atomic mass is 10.0. The summed E-state index contributed by atoms with van der Waals surface area (Å²) in [5.41, 5.74) is 2.54. The molecule has 0 radical (unpaired) electrons. The minimum Gasteiger partial charge on any atom is -0.348 e. The van der Waals surface area contributed by atoms with Gasteiger partial charge in [-0.25, -0.2) is 9.97 Å². The van der Waals surface area contributed by atoms with E-state index in [4.69, 9.17) is 0 Å². The number of amides is 1. The average Bonchev–Trinajstić information content (AvgIpc) is 2.79. The number of aromatic nitrogens is 2. The van der Waals surface area contributed by atoms with Crippen LogP contribution in [0.25, 0.3) is 11.1 Å².